The fourth-order valence-electron chi connectivity index (χ4n) is 5.66. The third-order valence-corrected chi connectivity index (χ3v) is 9.42. The first-order valence-electron chi connectivity index (χ1n) is 16.3. The van der Waals surface area contributed by atoms with Gasteiger partial charge in [0.05, 0.1) is 17.8 Å². The quantitative estimate of drug-likeness (QED) is 0.146. The van der Waals surface area contributed by atoms with Crippen LogP contribution >= 0.6 is 0 Å². The summed E-state index contributed by atoms with van der Waals surface area (Å²) in [6.45, 7) is 15.3. The lowest BCUT2D eigenvalue weighted by molar-refractivity contribution is -0.124. The fraction of sp³-hybridized carbons (Fsp3) is 0.415. The topological polar surface area (TPSA) is 47.9 Å². The van der Waals surface area contributed by atoms with Gasteiger partial charge in [-0.1, -0.05) is 124 Å². The molecule has 0 aliphatic heterocycles. The summed E-state index contributed by atoms with van der Waals surface area (Å²) < 4.78 is 18.5. The zero-order chi connectivity index (χ0) is 32.6. The van der Waals surface area contributed by atoms with Crippen molar-refractivity contribution in [3.8, 4) is 5.75 Å². The highest BCUT2D eigenvalue weighted by Crippen LogP contribution is 2.43. The molecular weight excluding hydrogens is 556 g/mol. The number of aliphatic hydroxyl groups is 1. The van der Waals surface area contributed by atoms with Gasteiger partial charge in [0.2, 0.25) is 0 Å². The first-order valence-corrected chi connectivity index (χ1v) is 16.3. The van der Waals surface area contributed by atoms with E-state index in [1.54, 1.807) is 7.11 Å². The molecule has 0 fully saturated rings. The Balaban J connectivity index is 1.77. The minimum atomic E-state index is -0.842. The molecule has 0 spiro atoms. The molecule has 0 aliphatic carbocycles. The van der Waals surface area contributed by atoms with Gasteiger partial charge in [-0.15, -0.1) is 0 Å². The van der Waals surface area contributed by atoms with Crippen molar-refractivity contribution in [1.82, 2.24) is 0 Å². The summed E-state index contributed by atoms with van der Waals surface area (Å²) in [5.41, 5.74) is 6.09. The molecule has 1 N–H and O–H groups in total. The van der Waals surface area contributed by atoms with Gasteiger partial charge in [-0.05, 0) is 56.4 Å². The van der Waals surface area contributed by atoms with Gasteiger partial charge in [0, 0.05) is 36.0 Å². The van der Waals surface area contributed by atoms with Crippen LogP contribution in [0.25, 0.3) is 0 Å². The van der Waals surface area contributed by atoms with Crippen LogP contribution in [-0.4, -0.2) is 42.7 Å². The maximum atomic E-state index is 11.4. The molecule has 4 unspecified atom stereocenters. The average Bonchev–Trinajstić information content (AvgIpc) is 3.06. The highest BCUT2D eigenvalue weighted by Gasteiger charge is 2.32. The predicted molar refractivity (Wildman–Crippen MR) is 186 cm³/mol. The summed E-state index contributed by atoms with van der Waals surface area (Å²) in [5, 5.41) is 11.4. The molecule has 0 aliphatic rings. The molecule has 4 aromatic rings. The second-order valence-corrected chi connectivity index (χ2v) is 13.4. The number of hydrogen-bond acceptors (Lipinski definition) is 4. The number of benzene rings is 4. The van der Waals surface area contributed by atoms with Gasteiger partial charge in [-0.2, -0.15) is 0 Å². The molecule has 4 heteroatoms. The lowest BCUT2D eigenvalue weighted by atomic mass is 9.81. The van der Waals surface area contributed by atoms with Crippen LogP contribution in [0.5, 0.6) is 5.75 Å². The Kier molecular flexibility index (Phi) is 11.7. The van der Waals surface area contributed by atoms with Crippen LogP contribution in [0.15, 0.2) is 103 Å². The molecule has 0 heterocycles. The van der Waals surface area contributed by atoms with Crippen LogP contribution in [0, 0.1) is 0 Å². The van der Waals surface area contributed by atoms with Gasteiger partial charge in [0.25, 0.3) is 0 Å². The van der Waals surface area contributed by atoms with Crippen molar-refractivity contribution in [2.45, 2.75) is 89.9 Å². The smallest absolute Gasteiger partial charge is 0.127 e. The van der Waals surface area contributed by atoms with E-state index < -0.39 is 11.7 Å². The minimum absolute atomic E-state index is 0.0727. The number of methoxy groups -OCH3 is 1. The molecule has 0 bridgehead atoms. The van der Waals surface area contributed by atoms with E-state index in [2.05, 4.69) is 124 Å². The SMILES string of the molecule is COC(C)(C)CCOC(C)(C)C(O)COc1c(C(C)c2ccccc2)cc(C(C)c2ccccc2)cc1C(C)c1ccccc1. The van der Waals surface area contributed by atoms with Crippen molar-refractivity contribution in [2.75, 3.05) is 20.3 Å². The van der Waals surface area contributed by atoms with Gasteiger partial charge < -0.3 is 19.3 Å². The molecule has 0 radical (unpaired) electrons. The van der Waals surface area contributed by atoms with Gasteiger partial charge in [-0.25, -0.2) is 0 Å². The van der Waals surface area contributed by atoms with Crippen LogP contribution in [-0.2, 0) is 9.47 Å². The molecule has 240 valence electrons. The number of ether oxygens (including phenoxy) is 3. The van der Waals surface area contributed by atoms with E-state index >= 15 is 0 Å². The number of hydrogen-bond donors (Lipinski definition) is 1. The third kappa shape index (κ3) is 8.85. The highest BCUT2D eigenvalue weighted by atomic mass is 16.5. The molecule has 4 nitrogen and oxygen atoms in total. The van der Waals surface area contributed by atoms with Crippen LogP contribution in [0.1, 0.15) is 106 Å². The number of aliphatic hydroxyl groups excluding tert-OH is 1. The summed E-state index contributed by atoms with van der Waals surface area (Å²) in [4.78, 5) is 0. The predicted octanol–water partition coefficient (Wildman–Crippen LogP) is 9.49. The Bertz CT molecular complexity index is 1400. The van der Waals surface area contributed by atoms with Gasteiger partial charge in [0.1, 0.15) is 18.5 Å². The fourth-order valence-corrected chi connectivity index (χ4v) is 5.66. The molecule has 4 atom stereocenters. The number of rotatable bonds is 15. The molecule has 4 aromatic carbocycles. The van der Waals surface area contributed by atoms with Crippen LogP contribution in [0.2, 0.25) is 0 Å². The Morgan fingerprint density at radius 3 is 1.47 bits per heavy atom. The van der Waals surface area contributed by atoms with Gasteiger partial charge in [0.15, 0.2) is 0 Å². The monoisotopic (exact) mass is 608 g/mol. The molecule has 4 rings (SSSR count). The van der Waals surface area contributed by atoms with Gasteiger partial charge >= 0.3 is 0 Å². The maximum Gasteiger partial charge on any atom is 0.127 e. The van der Waals surface area contributed by atoms with E-state index in [1.165, 1.54) is 22.3 Å². The van der Waals surface area contributed by atoms with Crippen molar-refractivity contribution in [1.29, 1.82) is 0 Å². The Morgan fingerprint density at radius 2 is 1.04 bits per heavy atom. The molecule has 0 aromatic heterocycles. The van der Waals surface area contributed by atoms with E-state index in [0.29, 0.717) is 6.61 Å². The largest absolute Gasteiger partial charge is 0.490 e. The van der Waals surface area contributed by atoms with Gasteiger partial charge in [-0.3, -0.25) is 0 Å². The molecule has 0 saturated heterocycles. The lowest BCUT2D eigenvalue weighted by Gasteiger charge is -2.33. The third-order valence-electron chi connectivity index (χ3n) is 9.42. The first kappa shape index (κ1) is 34.4. The van der Waals surface area contributed by atoms with Crippen molar-refractivity contribution < 1.29 is 19.3 Å². The van der Waals surface area contributed by atoms with E-state index in [4.69, 9.17) is 14.2 Å². The van der Waals surface area contributed by atoms with E-state index in [-0.39, 0.29) is 30.0 Å². The van der Waals surface area contributed by atoms with Crippen molar-refractivity contribution >= 4 is 0 Å². The maximum absolute atomic E-state index is 11.4. The summed E-state index contributed by atoms with van der Waals surface area (Å²) in [5.74, 6) is 1.17. The molecule has 0 amide bonds. The molecular formula is C41H52O4. The zero-order valence-electron chi connectivity index (χ0n) is 28.4. The molecule has 0 saturated carbocycles. The standard InChI is InChI=1S/C41H52O4/c1-29(32-18-12-9-13-19-32)35-26-36(30(2)33-20-14-10-15-21-33)39(37(27-35)31(3)34-22-16-11-17-23-34)44-28-38(42)41(6,7)45-25-24-40(4,5)43-8/h9-23,26-27,29-31,38,42H,24-25,28H2,1-8H3. The second kappa shape index (κ2) is 15.2. The van der Waals surface area contributed by atoms with E-state index in [1.807, 2.05) is 27.7 Å². The van der Waals surface area contributed by atoms with Crippen LogP contribution < -0.4 is 4.74 Å². The summed E-state index contributed by atoms with van der Waals surface area (Å²) in [6, 6.07) is 36.4. The zero-order valence-corrected chi connectivity index (χ0v) is 28.4. The lowest BCUT2D eigenvalue weighted by Crippen LogP contribution is -2.44. The van der Waals surface area contributed by atoms with Crippen molar-refractivity contribution in [3.63, 3.8) is 0 Å². The summed E-state index contributed by atoms with van der Waals surface area (Å²) in [6.07, 6.45) is -0.121. The average molecular weight is 609 g/mol. The van der Waals surface area contributed by atoms with Crippen molar-refractivity contribution in [3.05, 3.63) is 137 Å². The second-order valence-electron chi connectivity index (χ2n) is 13.4. The van der Waals surface area contributed by atoms with E-state index in [9.17, 15) is 5.11 Å². The minimum Gasteiger partial charge on any atom is -0.490 e. The van der Waals surface area contributed by atoms with Crippen LogP contribution in [0.4, 0.5) is 0 Å². The highest BCUT2D eigenvalue weighted by molar-refractivity contribution is 5.54. The normalized spacial score (nSPS) is 14.9. The van der Waals surface area contributed by atoms with Crippen molar-refractivity contribution in [2.24, 2.45) is 0 Å². The van der Waals surface area contributed by atoms with Crippen LogP contribution in [0.3, 0.4) is 0 Å². The Hall–Kier alpha value is -3.44. The Labute approximate surface area is 271 Å². The molecule has 45 heavy (non-hydrogen) atoms. The Morgan fingerprint density at radius 1 is 0.622 bits per heavy atom. The van der Waals surface area contributed by atoms with E-state index in [0.717, 1.165) is 23.3 Å². The first-order chi connectivity index (χ1) is 21.4. The summed E-state index contributed by atoms with van der Waals surface area (Å²) >= 11 is 0. The summed E-state index contributed by atoms with van der Waals surface area (Å²) in [7, 11) is 1.71.